The smallest absolute Gasteiger partial charge is 0.408 e. The van der Waals surface area contributed by atoms with Crippen molar-refractivity contribution in [3.8, 4) is 0 Å². The normalized spacial score (nSPS) is 13.3. The third kappa shape index (κ3) is 7.03. The second-order valence-corrected chi connectivity index (χ2v) is 8.86. The van der Waals surface area contributed by atoms with Crippen molar-refractivity contribution in [2.24, 2.45) is 0 Å². The number of rotatable bonds is 6. The number of nitrogens with one attached hydrogen (secondary N) is 2. The van der Waals surface area contributed by atoms with Crippen LogP contribution in [0.4, 0.5) is 4.79 Å². The number of hydrogen-bond acceptors (Lipinski definition) is 4. The summed E-state index contributed by atoms with van der Waals surface area (Å²) in [7, 11) is 0. The van der Waals surface area contributed by atoms with E-state index in [2.05, 4.69) is 26.6 Å². The summed E-state index contributed by atoms with van der Waals surface area (Å²) >= 11 is 9.34. The number of halogens is 2. The van der Waals surface area contributed by atoms with Crippen LogP contribution < -0.4 is 10.6 Å². The van der Waals surface area contributed by atoms with E-state index in [0.717, 1.165) is 4.47 Å². The van der Waals surface area contributed by atoms with Gasteiger partial charge in [-0.2, -0.15) is 0 Å². The number of carbonyl (C=O) groups excluding carboxylic acids is 2. The van der Waals surface area contributed by atoms with Gasteiger partial charge >= 0.3 is 6.09 Å². The van der Waals surface area contributed by atoms with Gasteiger partial charge in [0, 0.05) is 9.50 Å². The Labute approximate surface area is 183 Å². The maximum absolute atomic E-state index is 12.2. The third-order valence-corrected chi connectivity index (χ3v) is 4.76. The zero-order chi connectivity index (χ0) is 21.7. The quantitative estimate of drug-likeness (QED) is 0.580. The van der Waals surface area contributed by atoms with Crippen molar-refractivity contribution in [2.45, 2.75) is 32.0 Å². The van der Waals surface area contributed by atoms with Gasteiger partial charge in [-0.15, -0.1) is 0 Å². The van der Waals surface area contributed by atoms with Crippen LogP contribution in [0.15, 0.2) is 53.0 Å². The van der Waals surface area contributed by atoms with E-state index in [1.807, 2.05) is 12.1 Å². The Morgan fingerprint density at radius 3 is 2.03 bits per heavy atom. The Balaban J connectivity index is 2.10. The lowest BCUT2D eigenvalue weighted by Gasteiger charge is -2.30. The molecule has 3 N–H and O–H groups in total. The number of carbonyl (C=O) groups is 2. The van der Waals surface area contributed by atoms with Crippen LogP contribution in [-0.4, -0.2) is 35.8 Å². The average Bonchev–Trinajstić information content (AvgIpc) is 2.64. The van der Waals surface area contributed by atoms with Gasteiger partial charge in [0.05, 0.1) is 13.1 Å². The maximum atomic E-state index is 12.2. The van der Waals surface area contributed by atoms with Crippen LogP contribution in [0.2, 0.25) is 5.02 Å². The molecular weight excluding hydrogens is 460 g/mol. The highest BCUT2D eigenvalue weighted by molar-refractivity contribution is 9.10. The summed E-state index contributed by atoms with van der Waals surface area (Å²) in [6.45, 7) is 4.84. The SMILES string of the molecule is CC(C)(C)OC(=O)NCC(=O)NCC(O)(c1ccc(Cl)cc1)c1ccc(Br)cc1. The summed E-state index contributed by atoms with van der Waals surface area (Å²) in [6, 6.07) is 13.9. The zero-order valence-corrected chi connectivity index (χ0v) is 18.8. The van der Waals surface area contributed by atoms with Crippen molar-refractivity contribution in [1.82, 2.24) is 10.6 Å². The van der Waals surface area contributed by atoms with Crippen LogP contribution >= 0.6 is 27.5 Å². The summed E-state index contributed by atoms with van der Waals surface area (Å²) < 4.78 is 5.96. The van der Waals surface area contributed by atoms with Gasteiger partial charge in [0.25, 0.3) is 0 Å². The Kier molecular flexibility index (Phi) is 7.68. The van der Waals surface area contributed by atoms with Crippen LogP contribution in [-0.2, 0) is 15.1 Å². The van der Waals surface area contributed by atoms with E-state index >= 15 is 0 Å². The molecule has 0 bridgehead atoms. The summed E-state index contributed by atoms with van der Waals surface area (Å²) in [6.07, 6.45) is -0.687. The van der Waals surface area contributed by atoms with Gasteiger partial charge in [0.15, 0.2) is 0 Å². The lowest BCUT2D eigenvalue weighted by Crippen LogP contribution is -2.45. The van der Waals surface area contributed by atoms with E-state index in [1.165, 1.54) is 0 Å². The highest BCUT2D eigenvalue weighted by Crippen LogP contribution is 2.31. The van der Waals surface area contributed by atoms with E-state index in [1.54, 1.807) is 57.2 Å². The number of alkyl carbamates (subject to hydrolysis) is 1. The van der Waals surface area contributed by atoms with E-state index in [4.69, 9.17) is 16.3 Å². The Hall–Kier alpha value is -2.09. The fraction of sp³-hybridized carbons (Fsp3) is 0.333. The van der Waals surface area contributed by atoms with Crippen LogP contribution in [0, 0.1) is 0 Å². The van der Waals surface area contributed by atoms with Gasteiger partial charge < -0.3 is 20.5 Å². The molecule has 0 heterocycles. The monoisotopic (exact) mass is 482 g/mol. The van der Waals surface area contributed by atoms with Crippen LogP contribution in [0.1, 0.15) is 31.9 Å². The van der Waals surface area contributed by atoms with E-state index < -0.39 is 23.2 Å². The molecule has 2 rings (SSSR count). The molecule has 8 heteroatoms. The molecule has 156 valence electrons. The highest BCUT2D eigenvalue weighted by atomic mass is 79.9. The second-order valence-electron chi connectivity index (χ2n) is 7.51. The number of benzene rings is 2. The fourth-order valence-corrected chi connectivity index (χ4v) is 2.97. The largest absolute Gasteiger partial charge is 0.444 e. The van der Waals surface area contributed by atoms with Crippen molar-refractivity contribution in [3.05, 3.63) is 69.2 Å². The molecule has 0 aliphatic carbocycles. The van der Waals surface area contributed by atoms with E-state index in [9.17, 15) is 14.7 Å². The zero-order valence-electron chi connectivity index (χ0n) is 16.5. The predicted octanol–water partition coefficient (Wildman–Crippen LogP) is 3.98. The molecule has 6 nitrogen and oxygen atoms in total. The molecule has 0 aliphatic rings. The Bertz CT molecular complexity index is 803. The first-order valence-corrected chi connectivity index (χ1v) is 10.1. The van der Waals surface area contributed by atoms with Crippen molar-refractivity contribution < 1.29 is 19.4 Å². The summed E-state index contributed by atoms with van der Waals surface area (Å²) in [5.74, 6) is -0.458. The molecule has 1 atom stereocenters. The topological polar surface area (TPSA) is 87.7 Å². The Morgan fingerprint density at radius 1 is 1.00 bits per heavy atom. The van der Waals surface area contributed by atoms with E-state index in [0.29, 0.717) is 16.1 Å². The van der Waals surface area contributed by atoms with Crippen LogP contribution in [0.3, 0.4) is 0 Å². The molecule has 0 aromatic heterocycles. The molecular formula is C21H24BrClN2O4. The standard InChI is InChI=1S/C21H24BrClN2O4/c1-20(2,3)29-19(27)24-12-18(26)25-13-21(28,14-4-8-16(22)9-5-14)15-6-10-17(23)11-7-15/h4-11,28H,12-13H2,1-3H3,(H,24,27)(H,25,26). The summed E-state index contributed by atoms with van der Waals surface area (Å²) in [5.41, 5.74) is -0.961. The van der Waals surface area contributed by atoms with E-state index in [-0.39, 0.29) is 13.1 Å². The minimum absolute atomic E-state index is 0.0922. The Morgan fingerprint density at radius 2 is 1.52 bits per heavy atom. The number of ether oxygens (including phenoxy) is 1. The average molecular weight is 484 g/mol. The summed E-state index contributed by atoms with van der Waals surface area (Å²) in [5, 5.41) is 17.0. The van der Waals surface area contributed by atoms with Gasteiger partial charge in [-0.05, 0) is 56.2 Å². The van der Waals surface area contributed by atoms with Crippen LogP contribution in [0.25, 0.3) is 0 Å². The molecule has 0 fully saturated rings. The van der Waals surface area contributed by atoms with Crippen molar-refractivity contribution in [2.75, 3.05) is 13.1 Å². The van der Waals surface area contributed by atoms with Gasteiger partial charge in [-0.3, -0.25) is 4.79 Å². The minimum Gasteiger partial charge on any atom is -0.444 e. The van der Waals surface area contributed by atoms with Crippen molar-refractivity contribution in [1.29, 1.82) is 0 Å². The molecule has 1 unspecified atom stereocenters. The summed E-state index contributed by atoms with van der Waals surface area (Å²) in [4.78, 5) is 23.9. The van der Waals surface area contributed by atoms with Gasteiger partial charge in [-0.25, -0.2) is 4.79 Å². The van der Waals surface area contributed by atoms with Gasteiger partial charge in [-0.1, -0.05) is 51.8 Å². The minimum atomic E-state index is -1.48. The number of amides is 2. The maximum Gasteiger partial charge on any atom is 0.408 e. The van der Waals surface area contributed by atoms with Gasteiger partial charge in [0.2, 0.25) is 5.91 Å². The molecule has 0 aliphatic heterocycles. The first kappa shape index (κ1) is 23.2. The molecule has 0 radical (unpaired) electrons. The first-order chi connectivity index (χ1) is 13.5. The van der Waals surface area contributed by atoms with Gasteiger partial charge in [0.1, 0.15) is 11.2 Å². The molecule has 0 spiro atoms. The lowest BCUT2D eigenvalue weighted by atomic mass is 9.86. The second kappa shape index (κ2) is 9.61. The molecule has 2 amide bonds. The molecule has 2 aromatic carbocycles. The molecule has 0 saturated carbocycles. The molecule has 29 heavy (non-hydrogen) atoms. The predicted molar refractivity (Wildman–Crippen MR) is 116 cm³/mol. The molecule has 0 saturated heterocycles. The third-order valence-electron chi connectivity index (χ3n) is 3.98. The first-order valence-electron chi connectivity index (χ1n) is 8.98. The number of aliphatic hydroxyl groups is 1. The molecule has 2 aromatic rings. The fourth-order valence-electron chi connectivity index (χ4n) is 2.58. The number of hydrogen-bond donors (Lipinski definition) is 3. The van der Waals surface area contributed by atoms with Crippen molar-refractivity contribution in [3.63, 3.8) is 0 Å². The van der Waals surface area contributed by atoms with Crippen LogP contribution in [0.5, 0.6) is 0 Å². The highest BCUT2D eigenvalue weighted by Gasteiger charge is 2.32. The van der Waals surface area contributed by atoms with Crippen molar-refractivity contribution >= 4 is 39.5 Å². The lowest BCUT2D eigenvalue weighted by molar-refractivity contribution is -0.121.